The molecule has 1 saturated heterocycles. The van der Waals surface area contributed by atoms with Gasteiger partial charge in [-0.1, -0.05) is 30.3 Å². The van der Waals surface area contributed by atoms with Gasteiger partial charge in [0.2, 0.25) is 10.0 Å². The Labute approximate surface area is 142 Å². The number of nitrogens with zero attached hydrogens (tertiary/aromatic N) is 1. The van der Waals surface area contributed by atoms with E-state index in [1.54, 1.807) is 19.2 Å². The summed E-state index contributed by atoms with van der Waals surface area (Å²) < 4.78 is 37.7. The fourth-order valence-corrected chi connectivity index (χ4v) is 3.62. The van der Waals surface area contributed by atoms with Gasteiger partial charge >= 0.3 is 0 Å². The van der Waals surface area contributed by atoms with E-state index in [4.69, 9.17) is 9.47 Å². The third-order valence-electron chi connectivity index (χ3n) is 3.92. The second kappa shape index (κ2) is 6.83. The third-order valence-corrected chi connectivity index (χ3v) is 5.65. The maximum Gasteiger partial charge on any atom is 0.239 e. The average Bonchev–Trinajstić information content (AvgIpc) is 3.39. The lowest BCUT2D eigenvalue weighted by Crippen LogP contribution is -2.28. The molecule has 2 aromatic carbocycles. The maximum atomic E-state index is 12.7. The van der Waals surface area contributed by atoms with Crippen molar-refractivity contribution in [1.29, 1.82) is 0 Å². The largest absolute Gasteiger partial charge is 0.490 e. The fourth-order valence-electron chi connectivity index (χ4n) is 2.35. The van der Waals surface area contributed by atoms with Crippen LogP contribution in [0.25, 0.3) is 0 Å². The number of sulfonamides is 1. The van der Waals surface area contributed by atoms with E-state index < -0.39 is 10.0 Å². The molecule has 0 aromatic heterocycles. The summed E-state index contributed by atoms with van der Waals surface area (Å²) in [5.74, 6) is 0.495. The molecule has 24 heavy (non-hydrogen) atoms. The number of hydrogen-bond donors (Lipinski definition) is 0. The Balaban J connectivity index is 1.80. The van der Waals surface area contributed by atoms with Crippen molar-refractivity contribution in [1.82, 2.24) is 0 Å². The minimum absolute atomic E-state index is 0.112. The second-order valence-corrected chi connectivity index (χ2v) is 7.94. The number of aryl methyl sites for hydroxylation is 1. The lowest BCUT2D eigenvalue weighted by atomic mass is 10.1. The number of anilines is 1. The number of hydrogen-bond acceptors (Lipinski definition) is 4. The minimum Gasteiger partial charge on any atom is -0.490 e. The van der Waals surface area contributed by atoms with Crippen molar-refractivity contribution in [3.63, 3.8) is 0 Å². The molecule has 1 aliphatic rings. The molecule has 3 rings (SSSR count). The highest BCUT2D eigenvalue weighted by Gasteiger charge is 2.25. The molecular formula is C18H21NO4S. The van der Waals surface area contributed by atoms with Crippen LogP contribution in [0.2, 0.25) is 0 Å². The maximum absolute atomic E-state index is 12.7. The Morgan fingerprint density at radius 1 is 1.21 bits per heavy atom. The quantitative estimate of drug-likeness (QED) is 0.723. The van der Waals surface area contributed by atoms with Gasteiger partial charge in [0.05, 0.1) is 18.0 Å². The first-order chi connectivity index (χ1) is 11.5. The van der Waals surface area contributed by atoms with Crippen molar-refractivity contribution in [3.05, 3.63) is 59.7 Å². The SMILES string of the molecule is Cc1ccc(CS(=O)(=O)N(C)c2ccccc2)c(OCC2CO2)c1. The summed E-state index contributed by atoms with van der Waals surface area (Å²) in [7, 11) is -1.94. The van der Waals surface area contributed by atoms with Crippen LogP contribution in [-0.2, 0) is 20.5 Å². The molecule has 1 fully saturated rings. The summed E-state index contributed by atoms with van der Waals surface area (Å²) >= 11 is 0. The van der Waals surface area contributed by atoms with E-state index in [2.05, 4.69) is 0 Å². The third kappa shape index (κ3) is 4.07. The Bertz CT molecular complexity index is 801. The van der Waals surface area contributed by atoms with Crippen LogP contribution < -0.4 is 9.04 Å². The summed E-state index contributed by atoms with van der Waals surface area (Å²) in [6, 6.07) is 14.6. The van der Waals surface area contributed by atoms with E-state index in [1.165, 1.54) is 4.31 Å². The summed E-state index contributed by atoms with van der Waals surface area (Å²) in [5.41, 5.74) is 2.32. The van der Waals surface area contributed by atoms with Crippen molar-refractivity contribution < 1.29 is 17.9 Å². The zero-order valence-corrected chi connectivity index (χ0v) is 14.6. The lowest BCUT2D eigenvalue weighted by molar-refractivity contribution is 0.261. The van der Waals surface area contributed by atoms with Gasteiger partial charge in [-0.25, -0.2) is 8.42 Å². The van der Waals surface area contributed by atoms with Crippen molar-refractivity contribution in [2.24, 2.45) is 0 Å². The number of benzene rings is 2. The molecule has 0 bridgehead atoms. The number of para-hydroxylation sites is 1. The second-order valence-electron chi connectivity index (χ2n) is 5.94. The lowest BCUT2D eigenvalue weighted by Gasteiger charge is -2.20. The van der Waals surface area contributed by atoms with E-state index >= 15 is 0 Å². The van der Waals surface area contributed by atoms with Crippen LogP contribution >= 0.6 is 0 Å². The molecule has 6 heteroatoms. The van der Waals surface area contributed by atoms with Crippen LogP contribution in [0.15, 0.2) is 48.5 Å². The van der Waals surface area contributed by atoms with Crippen molar-refractivity contribution in [2.75, 3.05) is 24.6 Å². The molecule has 0 N–H and O–H groups in total. The molecule has 0 aliphatic carbocycles. The van der Waals surface area contributed by atoms with Gasteiger partial charge in [-0.15, -0.1) is 0 Å². The molecule has 1 unspecified atom stereocenters. The monoisotopic (exact) mass is 347 g/mol. The van der Waals surface area contributed by atoms with Crippen LogP contribution in [0.4, 0.5) is 5.69 Å². The molecule has 2 aromatic rings. The molecule has 5 nitrogen and oxygen atoms in total. The highest BCUT2D eigenvalue weighted by molar-refractivity contribution is 7.92. The molecule has 1 atom stereocenters. The van der Waals surface area contributed by atoms with E-state index in [1.807, 2.05) is 43.3 Å². The van der Waals surface area contributed by atoms with E-state index in [0.717, 1.165) is 5.56 Å². The van der Waals surface area contributed by atoms with Crippen LogP contribution in [-0.4, -0.2) is 34.8 Å². The zero-order chi connectivity index (χ0) is 17.2. The Morgan fingerprint density at radius 2 is 1.92 bits per heavy atom. The summed E-state index contributed by atoms with van der Waals surface area (Å²) in [5, 5.41) is 0. The molecule has 0 saturated carbocycles. The zero-order valence-electron chi connectivity index (χ0n) is 13.8. The van der Waals surface area contributed by atoms with Crippen molar-refractivity contribution >= 4 is 15.7 Å². The van der Waals surface area contributed by atoms with Crippen LogP contribution in [0, 0.1) is 6.92 Å². The molecule has 1 heterocycles. The Hall–Kier alpha value is -2.05. The van der Waals surface area contributed by atoms with Crippen LogP contribution in [0.3, 0.4) is 0 Å². The molecule has 1 aliphatic heterocycles. The molecule has 0 radical (unpaired) electrons. The van der Waals surface area contributed by atoms with Gasteiger partial charge in [0.15, 0.2) is 0 Å². The van der Waals surface area contributed by atoms with Gasteiger partial charge in [0.1, 0.15) is 18.5 Å². The van der Waals surface area contributed by atoms with Crippen molar-refractivity contribution in [2.45, 2.75) is 18.8 Å². The first-order valence-electron chi connectivity index (χ1n) is 7.81. The van der Waals surface area contributed by atoms with Gasteiger partial charge in [0.25, 0.3) is 0 Å². The number of ether oxygens (including phenoxy) is 2. The minimum atomic E-state index is -3.50. The topological polar surface area (TPSA) is 59.1 Å². The normalized spacial score (nSPS) is 16.7. The summed E-state index contributed by atoms with van der Waals surface area (Å²) in [4.78, 5) is 0. The van der Waals surface area contributed by atoms with E-state index in [0.29, 0.717) is 30.2 Å². The summed E-state index contributed by atoms with van der Waals surface area (Å²) in [6.07, 6.45) is 0.127. The van der Waals surface area contributed by atoms with E-state index in [9.17, 15) is 8.42 Å². The fraction of sp³-hybridized carbons (Fsp3) is 0.333. The first kappa shape index (κ1) is 16.8. The highest BCUT2D eigenvalue weighted by atomic mass is 32.2. The molecular weight excluding hydrogens is 326 g/mol. The highest BCUT2D eigenvalue weighted by Crippen LogP contribution is 2.26. The van der Waals surface area contributed by atoms with E-state index in [-0.39, 0.29) is 11.9 Å². The van der Waals surface area contributed by atoms with Gasteiger partial charge < -0.3 is 9.47 Å². The van der Waals surface area contributed by atoms with Crippen LogP contribution in [0.5, 0.6) is 5.75 Å². The molecule has 128 valence electrons. The molecule has 0 spiro atoms. The van der Waals surface area contributed by atoms with Gasteiger partial charge in [-0.2, -0.15) is 0 Å². The summed E-state index contributed by atoms with van der Waals surface area (Å²) in [6.45, 7) is 3.11. The number of epoxide rings is 1. The first-order valence-corrected chi connectivity index (χ1v) is 9.42. The van der Waals surface area contributed by atoms with Gasteiger partial charge in [-0.3, -0.25) is 4.31 Å². The predicted octanol–water partition coefficient (Wildman–Crippen LogP) is 2.74. The van der Waals surface area contributed by atoms with Gasteiger partial charge in [-0.05, 0) is 30.7 Å². The number of rotatable bonds is 7. The van der Waals surface area contributed by atoms with Crippen molar-refractivity contribution in [3.8, 4) is 5.75 Å². The van der Waals surface area contributed by atoms with Gasteiger partial charge in [0, 0.05) is 12.6 Å². The smallest absolute Gasteiger partial charge is 0.239 e. The Morgan fingerprint density at radius 3 is 2.58 bits per heavy atom. The van der Waals surface area contributed by atoms with Crippen LogP contribution in [0.1, 0.15) is 11.1 Å². The Kier molecular flexibility index (Phi) is 4.78. The predicted molar refractivity (Wildman–Crippen MR) is 93.9 cm³/mol. The average molecular weight is 347 g/mol. The molecule has 0 amide bonds. The standard InChI is InChI=1S/C18H21NO4S/c1-14-8-9-15(18(10-14)23-12-17-11-22-17)13-24(20,21)19(2)16-6-4-3-5-7-16/h3-10,17H,11-13H2,1-2H3.